The van der Waals surface area contributed by atoms with Crippen LogP contribution in [0.5, 0.6) is 0 Å². The van der Waals surface area contributed by atoms with Gasteiger partial charge in [0.25, 0.3) is 0 Å². The molecule has 0 radical (unpaired) electrons. The normalized spacial score (nSPS) is 10.4. The Bertz CT molecular complexity index is 333. The Hall–Kier alpha value is -1.53. The smallest absolute Gasteiger partial charge is 0.149 e. The van der Waals surface area contributed by atoms with Gasteiger partial charge in [0.15, 0.2) is 0 Å². The molecule has 1 aromatic rings. The minimum Gasteiger partial charge on any atom is -0.396 e. The van der Waals surface area contributed by atoms with Crippen LogP contribution in [0.1, 0.15) is 0 Å². The van der Waals surface area contributed by atoms with Crippen LogP contribution in [0.15, 0.2) is 12.1 Å². The van der Waals surface area contributed by atoms with E-state index >= 15 is 0 Å². The topological polar surface area (TPSA) is 97.6 Å². The molecule has 0 atom stereocenters. The maximum atomic E-state index is 8.96. The molecule has 16 heavy (non-hydrogen) atoms. The lowest BCUT2D eigenvalue weighted by Crippen LogP contribution is -2.31. The number of hydrogen-bond donors (Lipinski definition) is 3. The van der Waals surface area contributed by atoms with Crippen LogP contribution in [-0.4, -0.2) is 43.5 Å². The van der Waals surface area contributed by atoms with Crippen molar-refractivity contribution in [3.63, 3.8) is 0 Å². The van der Waals surface area contributed by atoms with E-state index in [1.54, 1.807) is 19.2 Å². The molecule has 0 aliphatic rings. The SMILES string of the molecule is COCCN(CCO)c1ccc(N)c(N)n1. The van der Waals surface area contributed by atoms with E-state index < -0.39 is 0 Å². The first-order valence-corrected chi connectivity index (χ1v) is 5.05. The van der Waals surface area contributed by atoms with Gasteiger partial charge < -0.3 is 26.2 Å². The second-order valence-electron chi connectivity index (χ2n) is 3.35. The summed E-state index contributed by atoms with van der Waals surface area (Å²) >= 11 is 0. The van der Waals surface area contributed by atoms with Gasteiger partial charge in [-0.15, -0.1) is 0 Å². The third-order valence-electron chi connectivity index (χ3n) is 2.20. The maximum Gasteiger partial charge on any atom is 0.149 e. The van der Waals surface area contributed by atoms with Gasteiger partial charge in [0.2, 0.25) is 0 Å². The number of aliphatic hydroxyl groups excluding tert-OH is 1. The summed E-state index contributed by atoms with van der Waals surface area (Å²) in [6, 6.07) is 3.48. The number of aliphatic hydroxyl groups is 1. The molecule has 0 bridgehead atoms. The lowest BCUT2D eigenvalue weighted by Gasteiger charge is -2.22. The molecule has 6 heteroatoms. The van der Waals surface area contributed by atoms with Gasteiger partial charge in [0.1, 0.15) is 11.6 Å². The van der Waals surface area contributed by atoms with E-state index in [0.29, 0.717) is 37.0 Å². The molecule has 1 aromatic heterocycles. The summed E-state index contributed by atoms with van der Waals surface area (Å²) in [5.74, 6) is 0.996. The van der Waals surface area contributed by atoms with Crippen molar-refractivity contribution in [2.75, 3.05) is 49.8 Å². The number of rotatable bonds is 6. The number of nitrogens with zero attached hydrogens (tertiary/aromatic N) is 2. The van der Waals surface area contributed by atoms with Gasteiger partial charge in [-0.3, -0.25) is 0 Å². The first kappa shape index (κ1) is 12.5. The van der Waals surface area contributed by atoms with E-state index in [0.717, 1.165) is 0 Å². The van der Waals surface area contributed by atoms with Gasteiger partial charge in [0.05, 0.1) is 18.9 Å². The van der Waals surface area contributed by atoms with E-state index in [1.165, 1.54) is 0 Å². The number of nitrogens with two attached hydrogens (primary N) is 2. The van der Waals surface area contributed by atoms with Crippen LogP contribution < -0.4 is 16.4 Å². The summed E-state index contributed by atoms with van der Waals surface area (Å²) in [5, 5.41) is 8.96. The first-order chi connectivity index (χ1) is 7.69. The number of pyridine rings is 1. The van der Waals surface area contributed by atoms with Gasteiger partial charge in [-0.1, -0.05) is 0 Å². The van der Waals surface area contributed by atoms with Gasteiger partial charge >= 0.3 is 0 Å². The molecular formula is C10H18N4O2. The van der Waals surface area contributed by atoms with Crippen molar-refractivity contribution in [2.45, 2.75) is 0 Å². The summed E-state index contributed by atoms with van der Waals surface area (Å²) in [6.07, 6.45) is 0. The highest BCUT2D eigenvalue weighted by molar-refractivity contribution is 5.62. The van der Waals surface area contributed by atoms with Crippen LogP contribution in [0.4, 0.5) is 17.3 Å². The summed E-state index contributed by atoms with van der Waals surface area (Å²) < 4.78 is 4.99. The molecule has 0 saturated heterocycles. The summed E-state index contributed by atoms with van der Waals surface area (Å²) in [5.41, 5.74) is 11.7. The Labute approximate surface area is 94.8 Å². The highest BCUT2D eigenvalue weighted by atomic mass is 16.5. The number of ether oxygens (including phenoxy) is 1. The number of hydrogen-bond acceptors (Lipinski definition) is 6. The molecule has 0 aliphatic heterocycles. The van der Waals surface area contributed by atoms with Crippen molar-refractivity contribution in [1.82, 2.24) is 4.98 Å². The number of aromatic nitrogens is 1. The second-order valence-corrected chi connectivity index (χ2v) is 3.35. The van der Waals surface area contributed by atoms with Crippen molar-refractivity contribution in [2.24, 2.45) is 0 Å². The quantitative estimate of drug-likeness (QED) is 0.615. The van der Waals surface area contributed by atoms with Gasteiger partial charge in [-0.05, 0) is 12.1 Å². The zero-order valence-electron chi connectivity index (χ0n) is 9.39. The molecule has 0 aliphatic carbocycles. The Balaban J connectivity index is 2.78. The van der Waals surface area contributed by atoms with E-state index in [-0.39, 0.29) is 6.61 Å². The molecule has 0 fully saturated rings. The van der Waals surface area contributed by atoms with E-state index in [4.69, 9.17) is 21.3 Å². The lowest BCUT2D eigenvalue weighted by atomic mass is 10.3. The average Bonchev–Trinajstić information content (AvgIpc) is 2.28. The van der Waals surface area contributed by atoms with Gasteiger partial charge in [-0.25, -0.2) is 4.98 Å². The maximum absolute atomic E-state index is 8.96. The monoisotopic (exact) mass is 226 g/mol. The molecule has 0 spiro atoms. The van der Waals surface area contributed by atoms with Crippen LogP contribution in [0.25, 0.3) is 0 Å². The summed E-state index contributed by atoms with van der Waals surface area (Å²) in [4.78, 5) is 6.04. The molecule has 0 unspecified atom stereocenters. The van der Waals surface area contributed by atoms with Crippen molar-refractivity contribution < 1.29 is 9.84 Å². The van der Waals surface area contributed by atoms with E-state index in [1.807, 2.05) is 4.90 Å². The van der Waals surface area contributed by atoms with Crippen LogP contribution in [0.2, 0.25) is 0 Å². The predicted octanol–water partition coefficient (Wildman–Crippen LogP) is -0.309. The van der Waals surface area contributed by atoms with Crippen LogP contribution in [0.3, 0.4) is 0 Å². The highest BCUT2D eigenvalue weighted by Gasteiger charge is 2.08. The fraction of sp³-hybridized carbons (Fsp3) is 0.500. The average molecular weight is 226 g/mol. The molecule has 1 heterocycles. The molecule has 6 nitrogen and oxygen atoms in total. The number of anilines is 3. The fourth-order valence-corrected chi connectivity index (χ4v) is 1.31. The summed E-state index contributed by atoms with van der Waals surface area (Å²) in [7, 11) is 1.63. The molecule has 0 saturated carbocycles. The molecule has 5 N–H and O–H groups in total. The fourth-order valence-electron chi connectivity index (χ4n) is 1.31. The minimum absolute atomic E-state index is 0.0513. The molecule has 90 valence electrons. The molecule has 0 amide bonds. The minimum atomic E-state index is 0.0513. The van der Waals surface area contributed by atoms with Crippen LogP contribution in [-0.2, 0) is 4.74 Å². The third kappa shape index (κ3) is 3.25. The Morgan fingerprint density at radius 3 is 2.69 bits per heavy atom. The van der Waals surface area contributed by atoms with Crippen molar-refractivity contribution in [1.29, 1.82) is 0 Å². The highest BCUT2D eigenvalue weighted by Crippen LogP contribution is 2.17. The largest absolute Gasteiger partial charge is 0.396 e. The Morgan fingerprint density at radius 1 is 1.38 bits per heavy atom. The van der Waals surface area contributed by atoms with Crippen molar-refractivity contribution >= 4 is 17.3 Å². The predicted molar refractivity (Wildman–Crippen MR) is 64.2 cm³/mol. The standard InChI is InChI=1S/C10H18N4O2/c1-16-7-5-14(4-6-15)9-3-2-8(11)10(12)13-9/h2-3,15H,4-7,11H2,1H3,(H2,12,13). The molecule has 0 aromatic carbocycles. The summed E-state index contributed by atoms with van der Waals surface area (Å²) in [6.45, 7) is 1.74. The van der Waals surface area contributed by atoms with E-state index in [9.17, 15) is 0 Å². The zero-order valence-corrected chi connectivity index (χ0v) is 9.39. The van der Waals surface area contributed by atoms with E-state index in [2.05, 4.69) is 4.98 Å². The number of nitrogen functional groups attached to an aromatic ring is 2. The first-order valence-electron chi connectivity index (χ1n) is 5.05. The van der Waals surface area contributed by atoms with Crippen LogP contribution in [0, 0.1) is 0 Å². The zero-order chi connectivity index (χ0) is 12.0. The lowest BCUT2D eigenvalue weighted by molar-refractivity contribution is 0.202. The van der Waals surface area contributed by atoms with Crippen LogP contribution >= 0.6 is 0 Å². The molecule has 1 rings (SSSR count). The Kier molecular flexibility index (Phi) is 4.81. The van der Waals surface area contributed by atoms with Crippen molar-refractivity contribution in [3.8, 4) is 0 Å². The van der Waals surface area contributed by atoms with Gasteiger partial charge in [0, 0.05) is 20.2 Å². The van der Waals surface area contributed by atoms with Crippen molar-refractivity contribution in [3.05, 3.63) is 12.1 Å². The Morgan fingerprint density at radius 2 is 2.12 bits per heavy atom. The van der Waals surface area contributed by atoms with Gasteiger partial charge in [-0.2, -0.15) is 0 Å². The second kappa shape index (κ2) is 6.14. The number of methoxy groups -OCH3 is 1. The third-order valence-corrected chi connectivity index (χ3v) is 2.20. The molecular weight excluding hydrogens is 208 g/mol.